The first-order chi connectivity index (χ1) is 12.7. The Morgan fingerprint density at radius 2 is 1.81 bits per heavy atom. The van der Waals surface area contributed by atoms with E-state index in [4.69, 9.17) is 5.11 Å². The van der Waals surface area contributed by atoms with Gasteiger partial charge in [-0.3, -0.25) is 4.79 Å². The molecule has 0 bridgehead atoms. The van der Waals surface area contributed by atoms with Crippen molar-refractivity contribution >= 4 is 32.3 Å². The van der Waals surface area contributed by atoms with Gasteiger partial charge in [-0.05, 0) is 59.9 Å². The molecule has 1 atom stereocenters. The van der Waals surface area contributed by atoms with Gasteiger partial charge in [-0.15, -0.1) is 0 Å². The van der Waals surface area contributed by atoms with Crippen molar-refractivity contribution in [2.45, 2.75) is 20.3 Å². The Labute approximate surface area is 156 Å². The van der Waals surface area contributed by atoms with Crippen LogP contribution in [0, 0.1) is 17.6 Å². The molecule has 0 saturated carbocycles. The molecular formula is C20H16F2O4S. The summed E-state index contributed by atoms with van der Waals surface area (Å²) < 4.78 is 50.7. The van der Waals surface area contributed by atoms with Gasteiger partial charge in [0.15, 0.2) is 11.6 Å². The molecule has 0 aliphatic heterocycles. The van der Waals surface area contributed by atoms with Gasteiger partial charge in [0.2, 0.25) is 10.3 Å². The third kappa shape index (κ3) is 3.55. The highest BCUT2D eigenvalue weighted by Crippen LogP contribution is 2.44. The first-order valence-corrected chi connectivity index (χ1v) is 9.22. The number of fused-ring (bicyclic) bond motifs is 1. The van der Waals surface area contributed by atoms with E-state index in [1.165, 1.54) is 0 Å². The van der Waals surface area contributed by atoms with Gasteiger partial charge in [0.05, 0.1) is 11.3 Å². The van der Waals surface area contributed by atoms with Gasteiger partial charge in [0, 0.05) is 5.92 Å². The molecule has 1 N–H and O–H groups in total. The molecule has 0 spiro atoms. The van der Waals surface area contributed by atoms with Crippen LogP contribution < -0.4 is 0 Å². The van der Waals surface area contributed by atoms with E-state index in [1.807, 2.05) is 0 Å². The lowest BCUT2D eigenvalue weighted by Gasteiger charge is -2.14. The van der Waals surface area contributed by atoms with E-state index in [9.17, 15) is 22.0 Å². The van der Waals surface area contributed by atoms with E-state index >= 15 is 0 Å². The van der Waals surface area contributed by atoms with Gasteiger partial charge in [-0.25, -0.2) is 8.78 Å². The number of aliphatic carboxylic acids is 1. The van der Waals surface area contributed by atoms with Crippen LogP contribution in [0.5, 0.6) is 0 Å². The monoisotopic (exact) mass is 390 g/mol. The van der Waals surface area contributed by atoms with E-state index in [1.54, 1.807) is 38.2 Å². The Hall–Kier alpha value is -2.80. The fraction of sp³-hybridized carbons (Fsp3) is 0.200. The second-order valence-electron chi connectivity index (χ2n) is 6.48. The normalized spacial score (nSPS) is 20.1. The molecule has 0 amide bonds. The summed E-state index contributed by atoms with van der Waals surface area (Å²) in [6, 6.07) is 2.01. The van der Waals surface area contributed by atoms with Crippen LogP contribution in [0.3, 0.4) is 0 Å². The number of carboxylic acid groups (broad SMARTS) is 1. The van der Waals surface area contributed by atoms with E-state index < -0.39 is 33.8 Å². The highest BCUT2D eigenvalue weighted by molar-refractivity contribution is 7.73. The second-order valence-corrected chi connectivity index (χ2v) is 7.42. The number of allylic oxidation sites excluding steroid dienone is 7. The van der Waals surface area contributed by atoms with Crippen LogP contribution in [0.1, 0.15) is 31.4 Å². The Morgan fingerprint density at radius 3 is 2.41 bits per heavy atom. The first-order valence-electron chi connectivity index (χ1n) is 8.15. The van der Waals surface area contributed by atoms with Crippen LogP contribution in [0.4, 0.5) is 8.78 Å². The van der Waals surface area contributed by atoms with Gasteiger partial charge in [0.25, 0.3) is 0 Å². The maximum Gasteiger partial charge on any atom is 0.307 e. The molecule has 2 aliphatic rings. The molecule has 0 radical (unpaired) electrons. The zero-order valence-corrected chi connectivity index (χ0v) is 15.4. The largest absolute Gasteiger partial charge is 0.481 e. The Morgan fingerprint density at radius 1 is 1.19 bits per heavy atom. The van der Waals surface area contributed by atoms with E-state index in [2.05, 4.69) is 0 Å². The molecular weight excluding hydrogens is 374 g/mol. The maximum absolute atomic E-state index is 13.8. The third-order valence-electron chi connectivity index (χ3n) is 4.66. The molecule has 27 heavy (non-hydrogen) atoms. The Balaban J connectivity index is 2.21. The van der Waals surface area contributed by atoms with Crippen LogP contribution >= 0.6 is 0 Å². The van der Waals surface area contributed by atoms with Crippen molar-refractivity contribution in [2.75, 3.05) is 0 Å². The van der Waals surface area contributed by atoms with Crippen molar-refractivity contribution in [3.05, 3.63) is 70.3 Å². The van der Waals surface area contributed by atoms with Crippen molar-refractivity contribution in [3.8, 4) is 0 Å². The summed E-state index contributed by atoms with van der Waals surface area (Å²) in [6.45, 7) is 3.44. The number of halogens is 2. The number of carbonyl (C=O) groups is 1. The second kappa shape index (κ2) is 7.08. The minimum absolute atomic E-state index is 0.158. The Bertz CT molecular complexity index is 1110. The van der Waals surface area contributed by atoms with Crippen LogP contribution in [0.2, 0.25) is 0 Å². The Kier molecular flexibility index (Phi) is 4.97. The summed E-state index contributed by atoms with van der Waals surface area (Å²) in [5, 5.41) is 9.17. The van der Waals surface area contributed by atoms with Gasteiger partial charge in [-0.2, -0.15) is 8.42 Å². The van der Waals surface area contributed by atoms with Crippen molar-refractivity contribution in [1.82, 2.24) is 0 Å². The maximum atomic E-state index is 13.8. The SMILES string of the molecule is CC1=CC(=S(=O)=O)C(C=C2C(C)=C(CC(=O)O)c3cc(F)c(F)cc32)C=C1. The molecule has 0 aromatic heterocycles. The van der Waals surface area contributed by atoms with E-state index in [0.717, 1.165) is 17.7 Å². The molecule has 140 valence electrons. The molecule has 1 aromatic rings. The number of hydrogen-bond acceptors (Lipinski definition) is 3. The highest BCUT2D eigenvalue weighted by Gasteiger charge is 2.28. The number of carboxylic acids is 1. The molecule has 7 heteroatoms. The average Bonchev–Trinajstić information content (AvgIpc) is 2.81. The molecule has 3 rings (SSSR count). The summed E-state index contributed by atoms with van der Waals surface area (Å²) >= 11 is 0. The molecule has 4 nitrogen and oxygen atoms in total. The molecule has 0 heterocycles. The fourth-order valence-electron chi connectivity index (χ4n) is 3.38. The summed E-state index contributed by atoms with van der Waals surface area (Å²) in [5.41, 5.74) is 2.91. The van der Waals surface area contributed by atoms with Crippen LogP contribution in [-0.2, 0) is 15.1 Å². The average molecular weight is 390 g/mol. The molecule has 1 aromatic carbocycles. The van der Waals surface area contributed by atoms with Crippen molar-refractivity contribution in [3.63, 3.8) is 0 Å². The third-order valence-corrected chi connectivity index (χ3v) is 5.44. The fourth-order valence-corrected chi connectivity index (χ4v) is 4.03. The van der Waals surface area contributed by atoms with Crippen LogP contribution in [-0.4, -0.2) is 24.4 Å². The minimum Gasteiger partial charge on any atom is -0.481 e. The predicted octanol–water partition coefficient (Wildman–Crippen LogP) is 3.79. The van der Waals surface area contributed by atoms with Crippen LogP contribution in [0.25, 0.3) is 11.1 Å². The number of benzene rings is 1. The predicted molar refractivity (Wildman–Crippen MR) is 99.5 cm³/mol. The summed E-state index contributed by atoms with van der Waals surface area (Å²) in [6.07, 6.45) is 6.32. The zero-order valence-electron chi connectivity index (χ0n) is 14.6. The summed E-state index contributed by atoms with van der Waals surface area (Å²) in [5.74, 6) is -3.78. The lowest BCUT2D eigenvalue weighted by molar-refractivity contribution is -0.135. The zero-order chi connectivity index (χ0) is 19.9. The molecule has 0 fully saturated rings. The van der Waals surface area contributed by atoms with E-state index in [-0.39, 0.29) is 11.3 Å². The first kappa shape index (κ1) is 19.0. The van der Waals surface area contributed by atoms with Crippen molar-refractivity contribution in [1.29, 1.82) is 0 Å². The minimum atomic E-state index is -2.45. The standard InChI is InChI=1S/C20H16F2O4S/c1-10-3-4-12(19(5-10)27(25)26)6-13-11(2)14(9-20(23)24)16-8-18(22)17(21)7-15(13)16/h3-8,12H,9H2,1-2H3,(H,23,24). The summed E-state index contributed by atoms with van der Waals surface area (Å²) in [4.78, 5) is 11.4. The van der Waals surface area contributed by atoms with Gasteiger partial charge in [0.1, 0.15) is 0 Å². The number of hydrogen-bond donors (Lipinski definition) is 1. The summed E-state index contributed by atoms with van der Waals surface area (Å²) in [7, 11) is -2.45. The smallest absolute Gasteiger partial charge is 0.307 e. The number of rotatable bonds is 3. The highest BCUT2D eigenvalue weighted by atomic mass is 32.2. The van der Waals surface area contributed by atoms with E-state index in [0.29, 0.717) is 27.8 Å². The van der Waals surface area contributed by atoms with Gasteiger partial charge < -0.3 is 5.11 Å². The molecule has 1 unspecified atom stereocenters. The van der Waals surface area contributed by atoms with Crippen LogP contribution in [0.15, 0.2) is 47.6 Å². The lowest BCUT2D eigenvalue weighted by Crippen LogP contribution is -2.12. The quantitative estimate of drug-likeness (QED) is 0.797. The topological polar surface area (TPSA) is 71.4 Å². The molecule has 0 saturated heterocycles. The molecule has 2 aliphatic carbocycles. The van der Waals surface area contributed by atoms with Crippen molar-refractivity contribution in [2.24, 2.45) is 5.92 Å². The lowest BCUT2D eigenvalue weighted by atomic mass is 9.92. The van der Waals surface area contributed by atoms with Crippen molar-refractivity contribution < 1.29 is 27.1 Å². The van der Waals surface area contributed by atoms with Gasteiger partial charge >= 0.3 is 5.97 Å². The van der Waals surface area contributed by atoms with Gasteiger partial charge in [-0.1, -0.05) is 23.8 Å².